The first-order valence-electron chi connectivity index (χ1n) is 5.94. The molecule has 0 spiro atoms. The molecule has 0 fully saturated rings. The zero-order chi connectivity index (χ0) is 13.8. The van der Waals surface area contributed by atoms with Gasteiger partial charge in [-0.15, -0.1) is 0 Å². The summed E-state index contributed by atoms with van der Waals surface area (Å²) in [6, 6.07) is 12.4. The van der Waals surface area contributed by atoms with Crippen LogP contribution >= 0.6 is 15.9 Å². The highest BCUT2D eigenvalue weighted by Crippen LogP contribution is 2.29. The molecule has 2 aromatic rings. The summed E-state index contributed by atoms with van der Waals surface area (Å²) in [5, 5.41) is 19.1. The maximum absolute atomic E-state index is 9.73. The van der Waals surface area contributed by atoms with Crippen LogP contribution in [0.4, 0.5) is 0 Å². The van der Waals surface area contributed by atoms with E-state index in [9.17, 15) is 10.2 Å². The van der Waals surface area contributed by atoms with E-state index in [0.717, 1.165) is 15.6 Å². The van der Waals surface area contributed by atoms with Gasteiger partial charge in [0.25, 0.3) is 0 Å². The minimum absolute atomic E-state index is 0.215. The highest BCUT2D eigenvalue weighted by Gasteiger charge is 2.10. The molecule has 0 saturated heterocycles. The molecule has 0 aliphatic carbocycles. The first-order chi connectivity index (χ1) is 9.06. The third-order valence-corrected chi connectivity index (χ3v) is 3.22. The Hall–Kier alpha value is -1.52. The van der Waals surface area contributed by atoms with Crippen molar-refractivity contribution in [3.63, 3.8) is 0 Å². The molecular formula is C15H15BrO3. The summed E-state index contributed by atoms with van der Waals surface area (Å²) < 4.78 is 6.60. The van der Waals surface area contributed by atoms with Gasteiger partial charge in [-0.1, -0.05) is 28.1 Å². The van der Waals surface area contributed by atoms with Crippen LogP contribution in [0.2, 0.25) is 0 Å². The van der Waals surface area contributed by atoms with Gasteiger partial charge in [0.2, 0.25) is 0 Å². The van der Waals surface area contributed by atoms with Crippen molar-refractivity contribution < 1.29 is 14.9 Å². The second-order valence-corrected chi connectivity index (χ2v) is 5.23. The molecule has 3 nitrogen and oxygen atoms in total. The molecule has 1 atom stereocenters. The van der Waals surface area contributed by atoms with E-state index < -0.39 is 6.10 Å². The second kappa shape index (κ2) is 6.08. The Morgan fingerprint density at radius 2 is 2.00 bits per heavy atom. The van der Waals surface area contributed by atoms with Gasteiger partial charge in [0, 0.05) is 10.0 Å². The van der Waals surface area contributed by atoms with E-state index in [1.165, 1.54) is 0 Å². The topological polar surface area (TPSA) is 49.7 Å². The summed E-state index contributed by atoms with van der Waals surface area (Å²) in [7, 11) is 0. The van der Waals surface area contributed by atoms with Crippen molar-refractivity contribution in [3.05, 3.63) is 58.1 Å². The average molecular weight is 323 g/mol. The largest absolute Gasteiger partial charge is 0.508 e. The first kappa shape index (κ1) is 13.9. The number of hydrogen-bond acceptors (Lipinski definition) is 3. The molecular weight excluding hydrogens is 308 g/mol. The Labute approximate surface area is 120 Å². The van der Waals surface area contributed by atoms with Crippen molar-refractivity contribution in [1.82, 2.24) is 0 Å². The molecule has 19 heavy (non-hydrogen) atoms. The van der Waals surface area contributed by atoms with Gasteiger partial charge in [-0.05, 0) is 42.8 Å². The SMILES string of the molecule is C[C@H](O)c1cc(Br)ccc1OCc1cccc(O)c1. The fraction of sp³-hybridized carbons (Fsp3) is 0.200. The number of ether oxygens (including phenoxy) is 1. The summed E-state index contributed by atoms with van der Waals surface area (Å²) in [4.78, 5) is 0. The van der Waals surface area contributed by atoms with Crippen molar-refractivity contribution in [2.45, 2.75) is 19.6 Å². The molecule has 2 N–H and O–H groups in total. The van der Waals surface area contributed by atoms with Crippen LogP contribution in [0.1, 0.15) is 24.2 Å². The van der Waals surface area contributed by atoms with Crippen molar-refractivity contribution >= 4 is 15.9 Å². The van der Waals surface area contributed by atoms with Crippen LogP contribution in [-0.2, 0) is 6.61 Å². The molecule has 2 rings (SSSR count). The van der Waals surface area contributed by atoms with E-state index in [-0.39, 0.29) is 5.75 Å². The highest BCUT2D eigenvalue weighted by atomic mass is 79.9. The van der Waals surface area contributed by atoms with Crippen LogP contribution in [-0.4, -0.2) is 10.2 Å². The minimum atomic E-state index is -0.600. The Morgan fingerprint density at radius 1 is 1.21 bits per heavy atom. The van der Waals surface area contributed by atoms with Gasteiger partial charge in [-0.25, -0.2) is 0 Å². The smallest absolute Gasteiger partial charge is 0.125 e. The third kappa shape index (κ3) is 3.72. The van der Waals surface area contributed by atoms with Gasteiger partial charge in [0.15, 0.2) is 0 Å². The third-order valence-electron chi connectivity index (χ3n) is 2.73. The van der Waals surface area contributed by atoms with Crippen LogP contribution < -0.4 is 4.74 Å². The van der Waals surface area contributed by atoms with Gasteiger partial charge in [0.05, 0.1) is 6.10 Å². The Balaban J connectivity index is 2.15. The molecule has 100 valence electrons. The predicted molar refractivity (Wildman–Crippen MR) is 77.2 cm³/mol. The second-order valence-electron chi connectivity index (χ2n) is 4.32. The number of benzene rings is 2. The van der Waals surface area contributed by atoms with Gasteiger partial charge < -0.3 is 14.9 Å². The molecule has 2 aromatic carbocycles. The van der Waals surface area contributed by atoms with E-state index in [1.807, 2.05) is 24.3 Å². The number of phenols is 1. The van der Waals surface area contributed by atoms with Crippen LogP contribution in [0.3, 0.4) is 0 Å². The number of hydrogen-bond donors (Lipinski definition) is 2. The van der Waals surface area contributed by atoms with Gasteiger partial charge in [-0.2, -0.15) is 0 Å². The standard InChI is InChI=1S/C15H15BrO3/c1-10(17)14-8-12(16)5-6-15(14)19-9-11-3-2-4-13(18)7-11/h2-8,10,17-18H,9H2,1H3/t10-/m0/s1. The number of aliphatic hydroxyl groups excluding tert-OH is 1. The van der Waals surface area contributed by atoms with Crippen LogP contribution in [0.25, 0.3) is 0 Å². The predicted octanol–water partition coefficient (Wildman–Crippen LogP) is 3.79. The van der Waals surface area contributed by atoms with E-state index >= 15 is 0 Å². The van der Waals surface area contributed by atoms with Crippen LogP contribution in [0.15, 0.2) is 46.9 Å². The van der Waals surface area contributed by atoms with E-state index in [2.05, 4.69) is 15.9 Å². The normalized spacial score (nSPS) is 12.2. The molecule has 0 aromatic heterocycles. The lowest BCUT2D eigenvalue weighted by atomic mass is 10.1. The molecule has 0 amide bonds. The Kier molecular flexibility index (Phi) is 4.45. The number of phenolic OH excluding ortho intramolecular Hbond substituents is 1. The first-order valence-corrected chi connectivity index (χ1v) is 6.74. The monoisotopic (exact) mass is 322 g/mol. The fourth-order valence-electron chi connectivity index (χ4n) is 1.78. The molecule has 0 bridgehead atoms. The fourth-order valence-corrected chi connectivity index (χ4v) is 2.16. The quantitative estimate of drug-likeness (QED) is 0.900. The Morgan fingerprint density at radius 3 is 2.68 bits per heavy atom. The summed E-state index contributed by atoms with van der Waals surface area (Å²) in [6.45, 7) is 2.04. The summed E-state index contributed by atoms with van der Waals surface area (Å²) in [6.07, 6.45) is -0.600. The van der Waals surface area contributed by atoms with Gasteiger partial charge in [0.1, 0.15) is 18.1 Å². The lowest BCUT2D eigenvalue weighted by Gasteiger charge is -2.14. The van der Waals surface area contributed by atoms with E-state index in [1.54, 1.807) is 25.1 Å². The molecule has 0 aliphatic heterocycles. The summed E-state index contributed by atoms with van der Waals surface area (Å²) >= 11 is 3.37. The lowest BCUT2D eigenvalue weighted by molar-refractivity contribution is 0.190. The number of aromatic hydroxyl groups is 1. The maximum Gasteiger partial charge on any atom is 0.125 e. The zero-order valence-corrected chi connectivity index (χ0v) is 12.1. The van der Waals surface area contributed by atoms with Gasteiger partial charge in [-0.3, -0.25) is 0 Å². The number of halogens is 1. The lowest BCUT2D eigenvalue weighted by Crippen LogP contribution is -2.01. The zero-order valence-electron chi connectivity index (χ0n) is 10.5. The Bertz CT molecular complexity index is 567. The molecule has 0 saturated carbocycles. The van der Waals surface area contributed by atoms with Crippen molar-refractivity contribution in [1.29, 1.82) is 0 Å². The minimum Gasteiger partial charge on any atom is -0.508 e. The van der Waals surface area contributed by atoms with Crippen LogP contribution in [0.5, 0.6) is 11.5 Å². The van der Waals surface area contributed by atoms with Crippen molar-refractivity contribution in [2.24, 2.45) is 0 Å². The number of aliphatic hydroxyl groups is 1. The maximum atomic E-state index is 9.73. The van der Waals surface area contributed by atoms with E-state index in [4.69, 9.17) is 4.74 Å². The van der Waals surface area contributed by atoms with Crippen molar-refractivity contribution in [2.75, 3.05) is 0 Å². The highest BCUT2D eigenvalue weighted by molar-refractivity contribution is 9.10. The van der Waals surface area contributed by atoms with Gasteiger partial charge >= 0.3 is 0 Å². The molecule has 0 aliphatic rings. The molecule has 4 heteroatoms. The van der Waals surface area contributed by atoms with E-state index in [0.29, 0.717) is 12.4 Å². The summed E-state index contributed by atoms with van der Waals surface area (Å²) in [5.41, 5.74) is 1.61. The van der Waals surface area contributed by atoms with Crippen LogP contribution in [0, 0.1) is 0 Å². The van der Waals surface area contributed by atoms with Crippen molar-refractivity contribution in [3.8, 4) is 11.5 Å². The molecule has 0 radical (unpaired) electrons. The molecule has 0 unspecified atom stereocenters. The molecule has 0 heterocycles. The average Bonchev–Trinajstić information content (AvgIpc) is 2.37. The summed E-state index contributed by atoms with van der Waals surface area (Å²) in [5.74, 6) is 0.856. The number of rotatable bonds is 4.